The molecule has 0 bridgehead atoms. The van der Waals surface area contributed by atoms with E-state index in [1.165, 1.54) is 0 Å². The van der Waals surface area contributed by atoms with E-state index in [9.17, 15) is 9.59 Å². The summed E-state index contributed by atoms with van der Waals surface area (Å²) in [5.74, 6) is -0.412. The molecule has 2 heterocycles. The highest BCUT2D eigenvalue weighted by atomic mass is 16.5. The number of carbonyl (C=O) groups is 2. The van der Waals surface area contributed by atoms with Crippen molar-refractivity contribution in [3.8, 4) is 0 Å². The summed E-state index contributed by atoms with van der Waals surface area (Å²) in [5, 5.41) is 9.34. The van der Waals surface area contributed by atoms with Gasteiger partial charge < -0.3 is 24.8 Å². The molecule has 0 unspecified atom stereocenters. The zero-order valence-electron chi connectivity index (χ0n) is 12.6. The molecule has 2 amide bonds. The fraction of sp³-hybridized carbons (Fsp3) is 0.692. The summed E-state index contributed by atoms with van der Waals surface area (Å²) in [6.07, 6.45) is 0.829. The number of hydrogen-bond acceptors (Lipinski definition) is 7. The van der Waals surface area contributed by atoms with Crippen molar-refractivity contribution in [2.45, 2.75) is 12.8 Å². The van der Waals surface area contributed by atoms with Gasteiger partial charge in [-0.3, -0.25) is 9.59 Å². The molecule has 0 saturated carbocycles. The average Bonchev–Trinajstić information content (AvgIpc) is 3.01. The van der Waals surface area contributed by atoms with Crippen LogP contribution in [-0.2, 0) is 16.0 Å². The van der Waals surface area contributed by atoms with E-state index in [2.05, 4.69) is 20.8 Å². The van der Waals surface area contributed by atoms with Crippen LogP contribution < -0.4 is 10.6 Å². The maximum atomic E-state index is 12.0. The first kappa shape index (κ1) is 16.4. The Morgan fingerprint density at radius 2 is 2.05 bits per heavy atom. The van der Waals surface area contributed by atoms with E-state index >= 15 is 0 Å². The minimum absolute atomic E-state index is 0.0243. The van der Waals surface area contributed by atoms with Gasteiger partial charge in [-0.1, -0.05) is 5.16 Å². The predicted octanol–water partition coefficient (Wildman–Crippen LogP) is -1.19. The van der Waals surface area contributed by atoms with E-state index in [4.69, 9.17) is 9.26 Å². The second kappa shape index (κ2) is 8.44. The zero-order valence-corrected chi connectivity index (χ0v) is 12.6. The molecule has 2 N–H and O–H groups in total. The first-order valence-corrected chi connectivity index (χ1v) is 7.31. The summed E-state index contributed by atoms with van der Waals surface area (Å²) in [6.45, 7) is 3.54. The van der Waals surface area contributed by atoms with Crippen LogP contribution in [0.3, 0.4) is 0 Å². The largest absolute Gasteiger partial charge is 0.378 e. The van der Waals surface area contributed by atoms with Gasteiger partial charge in [0.05, 0.1) is 19.6 Å². The maximum absolute atomic E-state index is 12.0. The summed E-state index contributed by atoms with van der Waals surface area (Å²) in [6, 6.07) is 0. The minimum Gasteiger partial charge on any atom is -0.378 e. The van der Waals surface area contributed by atoms with Gasteiger partial charge in [0, 0.05) is 19.6 Å². The number of hydrogen-bond donors (Lipinski definition) is 2. The summed E-state index contributed by atoms with van der Waals surface area (Å²) in [5.41, 5.74) is 0. The van der Waals surface area contributed by atoms with Gasteiger partial charge in [-0.2, -0.15) is 4.98 Å². The third-order valence-electron chi connectivity index (χ3n) is 3.22. The number of aromatic nitrogens is 2. The van der Waals surface area contributed by atoms with Crippen molar-refractivity contribution in [1.82, 2.24) is 25.7 Å². The van der Waals surface area contributed by atoms with Crippen molar-refractivity contribution in [3.63, 3.8) is 0 Å². The number of amides is 2. The molecule has 1 fully saturated rings. The Kier molecular flexibility index (Phi) is 6.28. The molecule has 1 aromatic heterocycles. The SMILES string of the molecule is CNCCCNC(=O)c1nc(CC(=O)N2CCOCC2)no1. The van der Waals surface area contributed by atoms with Crippen LogP contribution >= 0.6 is 0 Å². The predicted molar refractivity (Wildman–Crippen MR) is 76.3 cm³/mol. The van der Waals surface area contributed by atoms with Gasteiger partial charge >= 0.3 is 11.8 Å². The molecule has 0 aliphatic carbocycles. The fourth-order valence-electron chi connectivity index (χ4n) is 2.02. The lowest BCUT2D eigenvalue weighted by Crippen LogP contribution is -2.41. The maximum Gasteiger partial charge on any atom is 0.315 e. The van der Waals surface area contributed by atoms with Crippen LogP contribution in [0.2, 0.25) is 0 Å². The van der Waals surface area contributed by atoms with Crippen molar-refractivity contribution >= 4 is 11.8 Å². The van der Waals surface area contributed by atoms with E-state index in [1.54, 1.807) is 4.90 Å². The lowest BCUT2D eigenvalue weighted by Gasteiger charge is -2.26. The molecular formula is C13H21N5O4. The summed E-state index contributed by atoms with van der Waals surface area (Å²) < 4.78 is 10.1. The van der Waals surface area contributed by atoms with Crippen LogP contribution in [0.25, 0.3) is 0 Å². The summed E-state index contributed by atoms with van der Waals surface area (Å²) in [7, 11) is 1.84. The first-order valence-electron chi connectivity index (χ1n) is 7.31. The van der Waals surface area contributed by atoms with Crippen LogP contribution in [0.5, 0.6) is 0 Å². The van der Waals surface area contributed by atoms with Gasteiger partial charge in [0.1, 0.15) is 0 Å². The zero-order chi connectivity index (χ0) is 15.8. The van der Waals surface area contributed by atoms with Crippen molar-refractivity contribution in [2.75, 3.05) is 46.4 Å². The quantitative estimate of drug-likeness (QED) is 0.609. The van der Waals surface area contributed by atoms with E-state index in [1.807, 2.05) is 7.05 Å². The highest BCUT2D eigenvalue weighted by Crippen LogP contribution is 2.03. The van der Waals surface area contributed by atoms with Crippen molar-refractivity contribution in [1.29, 1.82) is 0 Å². The Bertz CT molecular complexity index is 498. The molecule has 9 nitrogen and oxygen atoms in total. The van der Waals surface area contributed by atoms with Crippen molar-refractivity contribution < 1.29 is 18.8 Å². The lowest BCUT2D eigenvalue weighted by molar-refractivity contribution is -0.134. The number of rotatable bonds is 7. The molecule has 0 aromatic carbocycles. The molecule has 0 spiro atoms. The van der Waals surface area contributed by atoms with Crippen molar-refractivity contribution in [3.05, 3.63) is 11.7 Å². The van der Waals surface area contributed by atoms with Crippen LogP contribution in [0.4, 0.5) is 0 Å². The summed E-state index contributed by atoms with van der Waals surface area (Å²) >= 11 is 0. The number of carbonyl (C=O) groups excluding carboxylic acids is 2. The Labute approximate surface area is 128 Å². The Hall–Kier alpha value is -2.00. The molecule has 2 rings (SSSR count). The molecule has 0 atom stereocenters. The molecule has 0 radical (unpaired) electrons. The van der Waals surface area contributed by atoms with Crippen LogP contribution in [0, 0.1) is 0 Å². The van der Waals surface area contributed by atoms with E-state index in [0.717, 1.165) is 13.0 Å². The number of nitrogens with zero attached hydrogens (tertiary/aromatic N) is 3. The third kappa shape index (κ3) is 4.78. The second-order valence-electron chi connectivity index (χ2n) is 4.90. The monoisotopic (exact) mass is 311 g/mol. The molecule has 1 saturated heterocycles. The Balaban J connectivity index is 1.80. The number of ether oxygens (including phenoxy) is 1. The third-order valence-corrected chi connectivity index (χ3v) is 3.22. The molecule has 122 valence electrons. The molecular weight excluding hydrogens is 290 g/mol. The standard InChI is InChI=1S/C13H21N5O4/c1-14-3-2-4-15-12(20)13-16-10(17-22-13)9-11(19)18-5-7-21-8-6-18/h14H,2-9H2,1H3,(H,15,20). The second-order valence-corrected chi connectivity index (χ2v) is 4.90. The van der Waals surface area contributed by atoms with Crippen LogP contribution in [0.15, 0.2) is 4.52 Å². The van der Waals surface area contributed by atoms with Gasteiger partial charge in [-0.15, -0.1) is 0 Å². The topological polar surface area (TPSA) is 110 Å². The average molecular weight is 311 g/mol. The number of nitrogens with one attached hydrogen (secondary N) is 2. The highest BCUT2D eigenvalue weighted by molar-refractivity contribution is 5.89. The minimum atomic E-state index is -0.423. The highest BCUT2D eigenvalue weighted by Gasteiger charge is 2.21. The normalized spacial score (nSPS) is 14.9. The van der Waals surface area contributed by atoms with Gasteiger partial charge in [0.2, 0.25) is 5.91 Å². The van der Waals surface area contributed by atoms with Crippen LogP contribution in [0.1, 0.15) is 22.9 Å². The smallest absolute Gasteiger partial charge is 0.315 e. The van der Waals surface area contributed by atoms with E-state index in [-0.39, 0.29) is 24.0 Å². The van der Waals surface area contributed by atoms with Gasteiger partial charge in [-0.25, -0.2) is 0 Å². The van der Waals surface area contributed by atoms with Gasteiger partial charge in [0.15, 0.2) is 5.82 Å². The number of morpholine rings is 1. The Morgan fingerprint density at radius 1 is 1.27 bits per heavy atom. The van der Waals surface area contributed by atoms with Gasteiger partial charge in [0.25, 0.3) is 0 Å². The fourth-order valence-corrected chi connectivity index (χ4v) is 2.02. The molecule has 1 aliphatic heterocycles. The molecule has 1 aliphatic rings. The molecule has 1 aromatic rings. The van der Waals surface area contributed by atoms with E-state index < -0.39 is 5.91 Å². The molecule has 9 heteroatoms. The molecule has 22 heavy (non-hydrogen) atoms. The lowest BCUT2D eigenvalue weighted by atomic mass is 10.3. The van der Waals surface area contributed by atoms with E-state index in [0.29, 0.717) is 32.8 Å². The van der Waals surface area contributed by atoms with Crippen LogP contribution in [-0.4, -0.2) is 73.3 Å². The first-order chi connectivity index (χ1) is 10.7. The van der Waals surface area contributed by atoms with Gasteiger partial charge in [-0.05, 0) is 20.0 Å². The van der Waals surface area contributed by atoms with Crippen molar-refractivity contribution in [2.24, 2.45) is 0 Å². The Morgan fingerprint density at radius 3 is 2.77 bits per heavy atom. The summed E-state index contributed by atoms with van der Waals surface area (Å²) in [4.78, 5) is 29.5.